The normalized spacial score (nSPS) is 21.3. The van der Waals surface area contributed by atoms with E-state index in [0.717, 1.165) is 6.42 Å². The van der Waals surface area contributed by atoms with Crippen LogP contribution in [0.3, 0.4) is 0 Å². The van der Waals surface area contributed by atoms with E-state index >= 15 is 0 Å². The van der Waals surface area contributed by atoms with Gasteiger partial charge in [0.05, 0.1) is 18.4 Å². The van der Waals surface area contributed by atoms with Gasteiger partial charge in [-0.3, -0.25) is 14.5 Å². The summed E-state index contributed by atoms with van der Waals surface area (Å²) < 4.78 is 11.0. The molecule has 22 heavy (non-hydrogen) atoms. The van der Waals surface area contributed by atoms with Gasteiger partial charge in [-0.25, -0.2) is 0 Å². The Morgan fingerprint density at radius 1 is 1.36 bits per heavy atom. The molecule has 0 aromatic heterocycles. The number of morpholine rings is 1. The van der Waals surface area contributed by atoms with Crippen LogP contribution in [-0.2, 0) is 14.3 Å². The number of amides is 2. The second kappa shape index (κ2) is 6.36. The summed E-state index contributed by atoms with van der Waals surface area (Å²) in [5, 5.41) is 0. The van der Waals surface area contributed by atoms with Gasteiger partial charge in [0.2, 0.25) is 5.91 Å². The highest BCUT2D eigenvalue weighted by Gasteiger charge is 2.30. The van der Waals surface area contributed by atoms with E-state index in [2.05, 4.69) is 0 Å². The number of anilines is 1. The molecule has 1 aromatic carbocycles. The quantitative estimate of drug-likeness (QED) is 0.837. The van der Waals surface area contributed by atoms with Crippen LogP contribution in [0.4, 0.5) is 5.69 Å². The fourth-order valence-corrected chi connectivity index (χ4v) is 2.76. The number of fused-ring (bicyclic) bond motifs is 1. The van der Waals surface area contributed by atoms with Crippen molar-refractivity contribution in [3.05, 3.63) is 24.3 Å². The minimum absolute atomic E-state index is 0.0228. The molecule has 1 saturated heterocycles. The first kappa shape index (κ1) is 14.8. The van der Waals surface area contributed by atoms with Crippen LogP contribution in [0.5, 0.6) is 5.75 Å². The summed E-state index contributed by atoms with van der Waals surface area (Å²) in [6.07, 6.45) is 0.966. The van der Waals surface area contributed by atoms with Crippen molar-refractivity contribution in [1.29, 1.82) is 0 Å². The Balaban J connectivity index is 1.72. The van der Waals surface area contributed by atoms with Crippen LogP contribution < -0.4 is 9.64 Å². The average Bonchev–Trinajstić information content (AvgIpc) is 2.57. The Bertz CT molecular complexity index is 575. The molecule has 2 amide bonds. The van der Waals surface area contributed by atoms with Gasteiger partial charge < -0.3 is 14.4 Å². The number of rotatable bonds is 3. The lowest BCUT2D eigenvalue weighted by molar-refractivity contribution is -0.138. The predicted molar refractivity (Wildman–Crippen MR) is 80.9 cm³/mol. The molecule has 0 spiro atoms. The van der Waals surface area contributed by atoms with Crippen molar-refractivity contribution >= 4 is 17.5 Å². The molecule has 6 heteroatoms. The fraction of sp³-hybridized carbons (Fsp3) is 0.500. The first-order valence-corrected chi connectivity index (χ1v) is 7.60. The number of benzene rings is 1. The summed E-state index contributed by atoms with van der Waals surface area (Å²) in [6, 6.07) is 7.29. The Morgan fingerprint density at radius 3 is 3.00 bits per heavy atom. The summed E-state index contributed by atoms with van der Waals surface area (Å²) in [7, 11) is 0. The van der Waals surface area contributed by atoms with Gasteiger partial charge in [-0.2, -0.15) is 0 Å². The Hall–Kier alpha value is -2.08. The van der Waals surface area contributed by atoms with Crippen LogP contribution in [-0.4, -0.2) is 55.7 Å². The second-order valence-corrected chi connectivity index (χ2v) is 5.48. The smallest absolute Gasteiger partial charge is 0.265 e. The topological polar surface area (TPSA) is 59.1 Å². The predicted octanol–water partition coefficient (Wildman–Crippen LogP) is 1.05. The highest BCUT2D eigenvalue weighted by atomic mass is 16.5. The standard InChI is InChI=1S/C16H20N2O4/c1-2-12-9-17(7-8-21-12)15(19)10-18-13-5-3-4-6-14(13)22-11-16(18)20/h3-6,12H,2,7-11H2,1H3. The first-order chi connectivity index (χ1) is 10.7. The number of para-hydroxylation sites is 2. The maximum atomic E-state index is 12.5. The molecule has 0 radical (unpaired) electrons. The zero-order chi connectivity index (χ0) is 15.5. The first-order valence-electron chi connectivity index (χ1n) is 7.60. The fourth-order valence-electron chi connectivity index (χ4n) is 2.76. The van der Waals surface area contributed by atoms with Gasteiger partial charge in [0, 0.05) is 13.1 Å². The van der Waals surface area contributed by atoms with Crippen molar-refractivity contribution in [2.75, 3.05) is 37.7 Å². The van der Waals surface area contributed by atoms with Gasteiger partial charge in [0.25, 0.3) is 5.91 Å². The van der Waals surface area contributed by atoms with E-state index < -0.39 is 0 Å². The van der Waals surface area contributed by atoms with E-state index in [1.54, 1.807) is 17.0 Å². The SMILES string of the molecule is CCC1CN(C(=O)CN2C(=O)COc3ccccc32)CCO1. The van der Waals surface area contributed by atoms with Gasteiger partial charge in [-0.05, 0) is 18.6 Å². The van der Waals surface area contributed by atoms with Crippen molar-refractivity contribution in [3.8, 4) is 5.75 Å². The molecule has 0 bridgehead atoms. The molecule has 2 aliphatic heterocycles. The van der Waals surface area contributed by atoms with Gasteiger partial charge >= 0.3 is 0 Å². The zero-order valence-corrected chi connectivity index (χ0v) is 12.7. The van der Waals surface area contributed by atoms with E-state index in [-0.39, 0.29) is 31.1 Å². The van der Waals surface area contributed by atoms with Crippen LogP contribution in [0.1, 0.15) is 13.3 Å². The number of nitrogens with zero attached hydrogens (tertiary/aromatic N) is 2. The number of hydrogen-bond donors (Lipinski definition) is 0. The van der Waals surface area contributed by atoms with Crippen molar-refractivity contribution in [2.45, 2.75) is 19.4 Å². The molecule has 0 aliphatic carbocycles. The zero-order valence-electron chi connectivity index (χ0n) is 12.7. The van der Waals surface area contributed by atoms with Crippen LogP contribution >= 0.6 is 0 Å². The Morgan fingerprint density at radius 2 is 2.18 bits per heavy atom. The molecule has 1 unspecified atom stereocenters. The lowest BCUT2D eigenvalue weighted by Crippen LogP contribution is -2.51. The summed E-state index contributed by atoms with van der Waals surface area (Å²) in [6.45, 7) is 3.80. The number of ether oxygens (including phenoxy) is 2. The molecule has 2 aliphatic rings. The van der Waals surface area contributed by atoms with E-state index in [1.165, 1.54) is 4.90 Å². The van der Waals surface area contributed by atoms with Crippen LogP contribution in [0.15, 0.2) is 24.3 Å². The van der Waals surface area contributed by atoms with Crippen molar-refractivity contribution in [3.63, 3.8) is 0 Å². The maximum Gasteiger partial charge on any atom is 0.265 e. The van der Waals surface area contributed by atoms with Crippen molar-refractivity contribution in [1.82, 2.24) is 4.90 Å². The molecule has 3 rings (SSSR count). The van der Waals surface area contributed by atoms with Gasteiger partial charge in [0.15, 0.2) is 6.61 Å². The van der Waals surface area contributed by atoms with Gasteiger partial charge in [-0.1, -0.05) is 19.1 Å². The minimum atomic E-state index is -0.188. The molecule has 1 aromatic rings. The molecule has 0 N–H and O–H groups in total. The van der Waals surface area contributed by atoms with Crippen LogP contribution in [0, 0.1) is 0 Å². The third-order valence-corrected chi connectivity index (χ3v) is 4.05. The molecule has 2 heterocycles. The van der Waals surface area contributed by atoms with E-state index in [0.29, 0.717) is 31.1 Å². The summed E-state index contributed by atoms with van der Waals surface area (Å²) >= 11 is 0. The Kier molecular flexibility index (Phi) is 4.29. The number of carbonyl (C=O) groups is 2. The summed E-state index contributed by atoms with van der Waals surface area (Å²) in [5.74, 6) is 0.405. The monoisotopic (exact) mass is 304 g/mol. The highest BCUT2D eigenvalue weighted by Crippen LogP contribution is 2.31. The molecule has 1 atom stereocenters. The van der Waals surface area contributed by atoms with E-state index in [9.17, 15) is 9.59 Å². The van der Waals surface area contributed by atoms with Gasteiger partial charge in [0.1, 0.15) is 12.3 Å². The van der Waals surface area contributed by atoms with Crippen molar-refractivity contribution < 1.29 is 19.1 Å². The summed E-state index contributed by atoms with van der Waals surface area (Å²) in [5.41, 5.74) is 0.660. The van der Waals surface area contributed by atoms with E-state index in [1.807, 2.05) is 19.1 Å². The largest absolute Gasteiger partial charge is 0.482 e. The van der Waals surface area contributed by atoms with Crippen LogP contribution in [0.2, 0.25) is 0 Å². The molecule has 6 nitrogen and oxygen atoms in total. The molecule has 1 fully saturated rings. The minimum Gasteiger partial charge on any atom is -0.482 e. The third kappa shape index (κ3) is 2.92. The van der Waals surface area contributed by atoms with Crippen LogP contribution in [0.25, 0.3) is 0 Å². The Labute approximate surface area is 129 Å². The van der Waals surface area contributed by atoms with Gasteiger partial charge in [-0.15, -0.1) is 0 Å². The lowest BCUT2D eigenvalue weighted by Gasteiger charge is -2.35. The molecule has 118 valence electrons. The molecular weight excluding hydrogens is 284 g/mol. The lowest BCUT2D eigenvalue weighted by atomic mass is 10.2. The number of carbonyl (C=O) groups excluding carboxylic acids is 2. The number of hydrogen-bond acceptors (Lipinski definition) is 4. The molecular formula is C16H20N2O4. The summed E-state index contributed by atoms with van der Waals surface area (Å²) in [4.78, 5) is 27.9. The second-order valence-electron chi connectivity index (χ2n) is 5.48. The van der Waals surface area contributed by atoms with Crippen molar-refractivity contribution in [2.24, 2.45) is 0 Å². The maximum absolute atomic E-state index is 12.5. The van der Waals surface area contributed by atoms with E-state index in [4.69, 9.17) is 9.47 Å². The highest BCUT2D eigenvalue weighted by molar-refractivity contribution is 6.02. The third-order valence-electron chi connectivity index (χ3n) is 4.05. The molecule has 0 saturated carbocycles. The average molecular weight is 304 g/mol.